The summed E-state index contributed by atoms with van der Waals surface area (Å²) in [5.41, 5.74) is 5.36. The average Bonchev–Trinajstić information content (AvgIpc) is 2.03. The number of rotatable bonds is 2. The quantitative estimate of drug-likeness (QED) is 0.695. The highest BCUT2D eigenvalue weighted by Crippen LogP contribution is 2.15. The van der Waals surface area contributed by atoms with Crippen LogP contribution in [0.15, 0.2) is 24.3 Å². The third kappa shape index (κ3) is 1.98. The van der Waals surface area contributed by atoms with E-state index < -0.39 is 12.0 Å². The predicted octanol–water partition coefficient (Wildman–Crippen LogP) is 1.79. The van der Waals surface area contributed by atoms with E-state index in [9.17, 15) is 8.78 Å². The number of hydrogen-bond donors (Lipinski definition) is 1. The second kappa shape index (κ2) is 3.44. The van der Waals surface area contributed by atoms with Gasteiger partial charge in [-0.05, 0) is 17.7 Å². The molecule has 1 unspecified atom stereocenters. The van der Waals surface area contributed by atoms with Crippen LogP contribution in [0, 0.1) is 5.82 Å². The molecule has 1 aromatic rings. The molecule has 3 heteroatoms. The van der Waals surface area contributed by atoms with Crippen molar-refractivity contribution in [2.24, 2.45) is 5.73 Å². The maximum atomic E-state index is 12.8. The topological polar surface area (TPSA) is 26.0 Å². The average molecular weight is 157 g/mol. The van der Waals surface area contributed by atoms with Gasteiger partial charge in [0.2, 0.25) is 0 Å². The molecule has 0 aliphatic carbocycles. The summed E-state index contributed by atoms with van der Waals surface area (Å²) in [6.45, 7) is -0.108. The molecule has 0 spiro atoms. The molecule has 0 saturated heterocycles. The van der Waals surface area contributed by atoms with Gasteiger partial charge >= 0.3 is 0 Å². The van der Waals surface area contributed by atoms with E-state index in [0.717, 1.165) is 6.07 Å². The van der Waals surface area contributed by atoms with Crippen LogP contribution in [0.5, 0.6) is 0 Å². The van der Waals surface area contributed by atoms with Crippen LogP contribution in [0.2, 0.25) is 0 Å². The first kappa shape index (κ1) is 8.14. The fourth-order valence-electron chi connectivity index (χ4n) is 0.838. The second-order valence-electron chi connectivity index (χ2n) is 2.26. The lowest BCUT2D eigenvalue weighted by atomic mass is 10.1. The molecule has 1 atom stereocenters. The number of benzene rings is 1. The summed E-state index contributed by atoms with van der Waals surface area (Å²) < 4.78 is 25.2. The zero-order valence-electron chi connectivity index (χ0n) is 5.93. The first-order valence-corrected chi connectivity index (χ1v) is 3.33. The van der Waals surface area contributed by atoms with E-state index in [0.29, 0.717) is 5.56 Å². The van der Waals surface area contributed by atoms with Gasteiger partial charge in [-0.25, -0.2) is 8.78 Å². The monoisotopic (exact) mass is 157 g/mol. The fraction of sp³-hybridized carbons (Fsp3) is 0.250. The van der Waals surface area contributed by atoms with Crippen molar-refractivity contribution < 1.29 is 8.78 Å². The smallest absolute Gasteiger partial charge is 0.137 e. The lowest BCUT2D eigenvalue weighted by molar-refractivity contribution is 0.351. The molecule has 0 amide bonds. The summed E-state index contributed by atoms with van der Waals surface area (Å²) in [7, 11) is 0. The number of hydrogen-bond acceptors (Lipinski definition) is 1. The Morgan fingerprint density at radius 2 is 2.18 bits per heavy atom. The molecule has 1 rings (SSSR count). The molecular weight excluding hydrogens is 148 g/mol. The highest BCUT2D eigenvalue weighted by atomic mass is 19.1. The van der Waals surface area contributed by atoms with E-state index in [1.54, 1.807) is 0 Å². The van der Waals surface area contributed by atoms with Gasteiger partial charge < -0.3 is 5.73 Å². The highest BCUT2D eigenvalue weighted by Gasteiger charge is 2.06. The Hall–Kier alpha value is -0.960. The third-order valence-corrected chi connectivity index (χ3v) is 1.42. The zero-order valence-corrected chi connectivity index (χ0v) is 5.93. The van der Waals surface area contributed by atoms with Crippen molar-refractivity contribution in [3.8, 4) is 0 Å². The Balaban J connectivity index is 2.86. The van der Waals surface area contributed by atoms with Crippen molar-refractivity contribution in [3.05, 3.63) is 35.6 Å². The molecular formula is C8H9F2N. The molecule has 2 N–H and O–H groups in total. The van der Waals surface area contributed by atoms with E-state index in [2.05, 4.69) is 0 Å². The zero-order chi connectivity index (χ0) is 8.27. The molecule has 0 bridgehead atoms. The maximum Gasteiger partial charge on any atom is 0.137 e. The molecule has 60 valence electrons. The van der Waals surface area contributed by atoms with Crippen molar-refractivity contribution in [1.82, 2.24) is 0 Å². The van der Waals surface area contributed by atoms with E-state index in [4.69, 9.17) is 5.73 Å². The highest BCUT2D eigenvalue weighted by molar-refractivity contribution is 5.18. The lowest BCUT2D eigenvalue weighted by Gasteiger charge is -2.03. The Morgan fingerprint density at radius 3 is 2.73 bits per heavy atom. The van der Waals surface area contributed by atoms with Gasteiger partial charge in [0.1, 0.15) is 12.0 Å². The van der Waals surface area contributed by atoms with Crippen molar-refractivity contribution in [3.63, 3.8) is 0 Å². The van der Waals surface area contributed by atoms with Gasteiger partial charge in [-0.3, -0.25) is 0 Å². The largest absolute Gasteiger partial charge is 0.327 e. The lowest BCUT2D eigenvalue weighted by Crippen LogP contribution is -2.07. The molecule has 1 aromatic carbocycles. The molecule has 11 heavy (non-hydrogen) atoms. The van der Waals surface area contributed by atoms with Crippen LogP contribution in [0.4, 0.5) is 8.78 Å². The van der Waals surface area contributed by atoms with Gasteiger partial charge in [0.15, 0.2) is 0 Å². The number of halogens is 2. The standard InChI is InChI=1S/C8H9F2N/c9-7-3-1-2-6(4-7)8(10)5-11/h1-4,8H,5,11H2. The van der Waals surface area contributed by atoms with Crippen molar-refractivity contribution >= 4 is 0 Å². The molecule has 0 aromatic heterocycles. The predicted molar refractivity (Wildman–Crippen MR) is 39.3 cm³/mol. The van der Waals surface area contributed by atoms with E-state index in [1.165, 1.54) is 18.2 Å². The maximum absolute atomic E-state index is 12.8. The minimum absolute atomic E-state index is 0.108. The number of nitrogens with two attached hydrogens (primary N) is 1. The van der Waals surface area contributed by atoms with Gasteiger partial charge in [0, 0.05) is 6.54 Å². The normalized spacial score (nSPS) is 13.0. The number of alkyl halides is 1. The van der Waals surface area contributed by atoms with Crippen molar-refractivity contribution in [2.45, 2.75) is 6.17 Å². The van der Waals surface area contributed by atoms with Gasteiger partial charge in [0.05, 0.1) is 0 Å². The first-order chi connectivity index (χ1) is 5.24. The Labute approximate surface area is 63.8 Å². The van der Waals surface area contributed by atoms with Crippen LogP contribution in [-0.4, -0.2) is 6.54 Å². The summed E-state index contributed by atoms with van der Waals surface area (Å²) in [6, 6.07) is 5.40. The molecule has 0 radical (unpaired) electrons. The minimum atomic E-state index is -1.26. The Morgan fingerprint density at radius 1 is 1.45 bits per heavy atom. The van der Waals surface area contributed by atoms with Crippen LogP contribution >= 0.6 is 0 Å². The Bertz CT molecular complexity index is 237. The van der Waals surface area contributed by atoms with E-state index in [-0.39, 0.29) is 6.54 Å². The summed E-state index contributed by atoms with van der Waals surface area (Å²) in [5, 5.41) is 0. The van der Waals surface area contributed by atoms with Gasteiger partial charge in [-0.15, -0.1) is 0 Å². The molecule has 0 saturated carbocycles. The van der Waals surface area contributed by atoms with Crippen molar-refractivity contribution in [1.29, 1.82) is 0 Å². The van der Waals surface area contributed by atoms with Crippen molar-refractivity contribution in [2.75, 3.05) is 6.54 Å². The van der Waals surface area contributed by atoms with Crippen LogP contribution < -0.4 is 5.73 Å². The van der Waals surface area contributed by atoms with Crippen LogP contribution in [0.3, 0.4) is 0 Å². The van der Waals surface area contributed by atoms with Crippen LogP contribution in [0.25, 0.3) is 0 Å². The summed E-state index contributed by atoms with van der Waals surface area (Å²) in [4.78, 5) is 0. The van der Waals surface area contributed by atoms with Gasteiger partial charge in [-0.1, -0.05) is 12.1 Å². The van der Waals surface area contributed by atoms with E-state index in [1.807, 2.05) is 0 Å². The van der Waals surface area contributed by atoms with E-state index >= 15 is 0 Å². The van der Waals surface area contributed by atoms with Crippen LogP contribution in [-0.2, 0) is 0 Å². The van der Waals surface area contributed by atoms with Gasteiger partial charge in [-0.2, -0.15) is 0 Å². The van der Waals surface area contributed by atoms with Crippen LogP contribution in [0.1, 0.15) is 11.7 Å². The second-order valence-corrected chi connectivity index (χ2v) is 2.26. The molecule has 0 aliphatic heterocycles. The molecule has 0 aliphatic rings. The molecule has 0 fully saturated rings. The fourth-order valence-corrected chi connectivity index (χ4v) is 0.838. The minimum Gasteiger partial charge on any atom is -0.327 e. The molecule has 0 heterocycles. The summed E-state index contributed by atoms with van der Waals surface area (Å²) >= 11 is 0. The summed E-state index contributed by atoms with van der Waals surface area (Å²) in [6.07, 6.45) is -1.26. The molecule has 1 nitrogen and oxygen atoms in total. The Kier molecular flexibility index (Phi) is 2.54. The first-order valence-electron chi connectivity index (χ1n) is 3.33. The third-order valence-electron chi connectivity index (χ3n) is 1.42. The van der Waals surface area contributed by atoms with Gasteiger partial charge in [0.25, 0.3) is 0 Å². The summed E-state index contributed by atoms with van der Waals surface area (Å²) in [5.74, 6) is -0.432. The SMILES string of the molecule is NCC(F)c1cccc(F)c1.